The van der Waals surface area contributed by atoms with Gasteiger partial charge in [0.25, 0.3) is 0 Å². The van der Waals surface area contributed by atoms with E-state index in [9.17, 15) is 0 Å². The number of halogens is 1. The van der Waals surface area contributed by atoms with Gasteiger partial charge in [0, 0.05) is 64.6 Å². The molecular formula is C21H35IN4O3. The number of methoxy groups -OCH3 is 1. The number of hydrogen-bond acceptors (Lipinski definition) is 5. The summed E-state index contributed by atoms with van der Waals surface area (Å²) in [4.78, 5) is 9.19. The van der Waals surface area contributed by atoms with Gasteiger partial charge in [-0.05, 0) is 37.1 Å². The molecule has 0 saturated carbocycles. The number of nitrogens with one attached hydrogen (secondary N) is 1. The fourth-order valence-electron chi connectivity index (χ4n) is 3.64. The van der Waals surface area contributed by atoms with Gasteiger partial charge in [0.15, 0.2) is 5.96 Å². The Kier molecular flexibility index (Phi) is 10.9. The van der Waals surface area contributed by atoms with Crippen LogP contribution in [0.15, 0.2) is 29.3 Å². The predicted octanol–water partition coefficient (Wildman–Crippen LogP) is 2.45. The zero-order valence-corrected chi connectivity index (χ0v) is 20.0. The molecule has 1 N–H and O–H groups in total. The highest BCUT2D eigenvalue weighted by Gasteiger charge is 2.20. The molecule has 8 heteroatoms. The van der Waals surface area contributed by atoms with Crippen LogP contribution in [0.4, 0.5) is 5.69 Å². The lowest BCUT2D eigenvalue weighted by molar-refractivity contribution is 0.0887. The molecule has 3 rings (SSSR count). The third-order valence-corrected chi connectivity index (χ3v) is 5.35. The number of guanidine groups is 1. The number of rotatable bonds is 8. The molecule has 2 saturated heterocycles. The second kappa shape index (κ2) is 13.1. The van der Waals surface area contributed by atoms with Crippen molar-refractivity contribution >= 4 is 35.6 Å². The highest BCUT2D eigenvalue weighted by Crippen LogP contribution is 2.20. The summed E-state index contributed by atoms with van der Waals surface area (Å²) in [6.07, 6.45) is 2.12. The fraction of sp³-hybridized carbons (Fsp3) is 0.667. The van der Waals surface area contributed by atoms with Gasteiger partial charge >= 0.3 is 0 Å². The van der Waals surface area contributed by atoms with E-state index in [0.29, 0.717) is 5.92 Å². The van der Waals surface area contributed by atoms with Crippen molar-refractivity contribution < 1.29 is 14.2 Å². The molecule has 0 aliphatic carbocycles. The van der Waals surface area contributed by atoms with E-state index < -0.39 is 0 Å². The molecular weight excluding hydrogens is 483 g/mol. The van der Waals surface area contributed by atoms with Crippen molar-refractivity contribution in [2.75, 3.05) is 78.2 Å². The second-order valence-corrected chi connectivity index (χ2v) is 7.30. The van der Waals surface area contributed by atoms with Gasteiger partial charge < -0.3 is 29.3 Å². The summed E-state index contributed by atoms with van der Waals surface area (Å²) in [7, 11) is 3.55. The van der Waals surface area contributed by atoms with Crippen molar-refractivity contribution in [1.29, 1.82) is 0 Å². The second-order valence-electron chi connectivity index (χ2n) is 7.30. The third-order valence-electron chi connectivity index (χ3n) is 5.35. The van der Waals surface area contributed by atoms with Crippen molar-refractivity contribution in [3.05, 3.63) is 24.3 Å². The van der Waals surface area contributed by atoms with Crippen LogP contribution in [0.2, 0.25) is 0 Å². The van der Waals surface area contributed by atoms with Crippen molar-refractivity contribution in [1.82, 2.24) is 10.2 Å². The summed E-state index contributed by atoms with van der Waals surface area (Å²) in [6.45, 7) is 8.12. The van der Waals surface area contributed by atoms with E-state index in [2.05, 4.69) is 32.2 Å². The Morgan fingerprint density at radius 1 is 1.21 bits per heavy atom. The maximum atomic E-state index is 5.77. The Morgan fingerprint density at radius 3 is 2.59 bits per heavy atom. The summed E-state index contributed by atoms with van der Waals surface area (Å²) < 4.78 is 16.4. The van der Waals surface area contributed by atoms with Crippen LogP contribution >= 0.6 is 24.0 Å². The zero-order chi connectivity index (χ0) is 19.6. The first-order chi connectivity index (χ1) is 13.8. The molecule has 0 amide bonds. The normalized spacial score (nSPS) is 19.8. The summed E-state index contributed by atoms with van der Waals surface area (Å²) in [5.41, 5.74) is 1.24. The molecule has 2 fully saturated rings. The molecule has 1 atom stereocenters. The molecule has 1 aromatic rings. The summed E-state index contributed by atoms with van der Waals surface area (Å²) >= 11 is 0. The van der Waals surface area contributed by atoms with E-state index in [4.69, 9.17) is 14.2 Å². The molecule has 7 nitrogen and oxygen atoms in total. The SMILES string of the molecule is CN=C(NCCCOCC1CCOC1)N1CCN(c2ccc(OC)cc2)CC1.I. The average Bonchev–Trinajstić information content (AvgIpc) is 3.27. The molecule has 1 aromatic carbocycles. The third kappa shape index (κ3) is 7.49. The van der Waals surface area contributed by atoms with Crippen molar-refractivity contribution in [2.45, 2.75) is 12.8 Å². The van der Waals surface area contributed by atoms with Gasteiger partial charge in [0.1, 0.15) is 5.75 Å². The predicted molar refractivity (Wildman–Crippen MR) is 128 cm³/mol. The van der Waals surface area contributed by atoms with Gasteiger partial charge in [-0.3, -0.25) is 4.99 Å². The van der Waals surface area contributed by atoms with Crippen LogP contribution in [-0.2, 0) is 9.47 Å². The molecule has 0 radical (unpaired) electrons. The monoisotopic (exact) mass is 518 g/mol. The van der Waals surface area contributed by atoms with Crippen LogP contribution < -0.4 is 15.0 Å². The molecule has 2 heterocycles. The summed E-state index contributed by atoms with van der Waals surface area (Å²) in [5, 5.41) is 3.47. The van der Waals surface area contributed by atoms with E-state index in [1.165, 1.54) is 5.69 Å². The van der Waals surface area contributed by atoms with Gasteiger partial charge in [-0.2, -0.15) is 0 Å². The first-order valence-corrected chi connectivity index (χ1v) is 10.3. The van der Waals surface area contributed by atoms with Crippen LogP contribution in [0.3, 0.4) is 0 Å². The number of aliphatic imine (C=N–C) groups is 1. The lowest BCUT2D eigenvalue weighted by Gasteiger charge is -2.37. The highest BCUT2D eigenvalue weighted by atomic mass is 127. The number of nitrogens with zero attached hydrogens (tertiary/aromatic N) is 3. The maximum absolute atomic E-state index is 5.77. The minimum atomic E-state index is 0. The van der Waals surface area contributed by atoms with Gasteiger partial charge in [0.2, 0.25) is 0 Å². The van der Waals surface area contributed by atoms with Crippen molar-refractivity contribution in [3.63, 3.8) is 0 Å². The van der Waals surface area contributed by atoms with Crippen molar-refractivity contribution in [3.8, 4) is 5.75 Å². The Labute approximate surface area is 191 Å². The smallest absolute Gasteiger partial charge is 0.193 e. The standard InChI is InChI=1S/C21H34N4O3.HI/c1-22-21(23-9-3-14-27-16-18-8-15-28-17-18)25-12-10-24(11-13-25)19-4-6-20(26-2)7-5-19;/h4-7,18H,3,8-17H2,1-2H3,(H,22,23);1H. The fourth-order valence-corrected chi connectivity index (χ4v) is 3.64. The Morgan fingerprint density at radius 2 is 1.97 bits per heavy atom. The largest absolute Gasteiger partial charge is 0.497 e. The van der Waals surface area contributed by atoms with Crippen LogP contribution in [0, 0.1) is 5.92 Å². The molecule has 2 aliphatic rings. The molecule has 2 aliphatic heterocycles. The minimum absolute atomic E-state index is 0. The summed E-state index contributed by atoms with van der Waals surface area (Å²) in [5.74, 6) is 2.47. The van der Waals surface area contributed by atoms with Crippen LogP contribution in [0.1, 0.15) is 12.8 Å². The first-order valence-electron chi connectivity index (χ1n) is 10.3. The van der Waals surface area contributed by atoms with Crippen LogP contribution in [-0.4, -0.2) is 84.2 Å². The topological polar surface area (TPSA) is 58.6 Å². The van der Waals surface area contributed by atoms with Gasteiger partial charge in [-0.1, -0.05) is 0 Å². The lowest BCUT2D eigenvalue weighted by atomic mass is 10.1. The van der Waals surface area contributed by atoms with E-state index in [1.54, 1.807) is 7.11 Å². The van der Waals surface area contributed by atoms with Gasteiger partial charge in [0.05, 0.1) is 20.3 Å². The number of hydrogen-bond donors (Lipinski definition) is 1. The Bertz CT molecular complexity index is 600. The number of benzene rings is 1. The van der Waals surface area contributed by atoms with E-state index in [-0.39, 0.29) is 24.0 Å². The minimum Gasteiger partial charge on any atom is -0.497 e. The average molecular weight is 518 g/mol. The number of piperazine rings is 1. The maximum Gasteiger partial charge on any atom is 0.193 e. The molecule has 164 valence electrons. The highest BCUT2D eigenvalue weighted by molar-refractivity contribution is 14.0. The molecule has 1 unspecified atom stereocenters. The number of ether oxygens (including phenoxy) is 3. The number of anilines is 1. The quantitative estimate of drug-likeness (QED) is 0.247. The van der Waals surface area contributed by atoms with Gasteiger partial charge in [-0.25, -0.2) is 0 Å². The Balaban J connectivity index is 0.00000300. The zero-order valence-electron chi connectivity index (χ0n) is 17.6. The van der Waals surface area contributed by atoms with Crippen LogP contribution in [0.25, 0.3) is 0 Å². The molecule has 0 aromatic heterocycles. The van der Waals surface area contributed by atoms with E-state index in [0.717, 1.165) is 83.7 Å². The molecule has 29 heavy (non-hydrogen) atoms. The molecule has 0 spiro atoms. The lowest BCUT2D eigenvalue weighted by Crippen LogP contribution is -2.52. The van der Waals surface area contributed by atoms with Crippen LogP contribution in [0.5, 0.6) is 5.75 Å². The first kappa shape index (κ1) is 24.0. The van der Waals surface area contributed by atoms with Crippen molar-refractivity contribution in [2.24, 2.45) is 10.9 Å². The summed E-state index contributed by atoms with van der Waals surface area (Å²) in [6, 6.07) is 8.28. The van der Waals surface area contributed by atoms with E-state index in [1.807, 2.05) is 19.2 Å². The van der Waals surface area contributed by atoms with E-state index >= 15 is 0 Å². The Hall–Kier alpha value is -1.26. The van der Waals surface area contributed by atoms with Gasteiger partial charge in [-0.15, -0.1) is 24.0 Å². The molecule has 0 bridgehead atoms.